The average molecular weight is 780 g/mol. The molecule has 12 rings (SSSR count). The lowest BCUT2D eigenvalue weighted by Gasteiger charge is -2.14. The van der Waals surface area contributed by atoms with Crippen LogP contribution in [-0.4, -0.2) is 15.0 Å². The second-order valence-electron chi connectivity index (χ2n) is 15.9. The van der Waals surface area contributed by atoms with Crippen molar-refractivity contribution in [2.75, 3.05) is 0 Å². The van der Waals surface area contributed by atoms with Gasteiger partial charge in [-0.1, -0.05) is 164 Å². The third-order valence-corrected chi connectivity index (χ3v) is 12.2. The highest BCUT2D eigenvalue weighted by Crippen LogP contribution is 2.40. The Kier molecular flexibility index (Phi) is 8.27. The maximum absolute atomic E-state index is 6.53. The van der Waals surface area contributed by atoms with Crippen LogP contribution in [0.15, 0.2) is 211 Å². The highest BCUT2D eigenvalue weighted by atomic mass is 16.3. The van der Waals surface area contributed by atoms with Gasteiger partial charge in [0.25, 0.3) is 0 Å². The van der Waals surface area contributed by atoms with Crippen LogP contribution in [0.5, 0.6) is 0 Å². The van der Waals surface area contributed by atoms with Crippen molar-refractivity contribution in [3.8, 4) is 56.2 Å². The van der Waals surface area contributed by atoms with Gasteiger partial charge in [0, 0.05) is 27.8 Å². The van der Waals surface area contributed by atoms with E-state index in [2.05, 4.69) is 188 Å². The first-order valence-electron chi connectivity index (χ1n) is 20.9. The predicted molar refractivity (Wildman–Crippen MR) is 252 cm³/mol. The molecule has 9 aromatic carbocycles. The summed E-state index contributed by atoms with van der Waals surface area (Å²) < 4.78 is 6.53. The first-order valence-corrected chi connectivity index (χ1v) is 20.9. The Morgan fingerprint density at radius 2 is 0.852 bits per heavy atom. The van der Waals surface area contributed by atoms with E-state index >= 15 is 0 Å². The van der Waals surface area contributed by atoms with E-state index in [0.717, 1.165) is 67.6 Å². The monoisotopic (exact) mass is 779 g/mol. The highest BCUT2D eigenvalue weighted by Gasteiger charge is 2.18. The van der Waals surface area contributed by atoms with Crippen molar-refractivity contribution in [1.29, 1.82) is 0 Å². The summed E-state index contributed by atoms with van der Waals surface area (Å²) in [6.45, 7) is 0. The molecule has 0 fully saturated rings. The highest BCUT2D eigenvalue weighted by molar-refractivity contribution is 6.25. The van der Waals surface area contributed by atoms with Crippen LogP contribution in [-0.2, 0) is 0 Å². The zero-order valence-electron chi connectivity index (χ0n) is 33.2. The molecule has 0 spiro atoms. The van der Waals surface area contributed by atoms with Crippen LogP contribution in [0, 0.1) is 0 Å². The molecule has 2 heterocycles. The molecule has 2 aromatic heterocycles. The summed E-state index contributed by atoms with van der Waals surface area (Å²) in [5.41, 5.74) is 10.5. The summed E-state index contributed by atoms with van der Waals surface area (Å²) in [6, 6.07) is 64.9. The third-order valence-electron chi connectivity index (χ3n) is 12.2. The Balaban J connectivity index is 0.882. The molecule has 1 aliphatic carbocycles. The molecular formula is C57H37N3O. The largest absolute Gasteiger partial charge is 0.456 e. The van der Waals surface area contributed by atoms with E-state index in [1.165, 1.54) is 43.4 Å². The zero-order valence-corrected chi connectivity index (χ0v) is 33.2. The quantitative estimate of drug-likeness (QED) is 0.158. The Labute approximate surface area is 352 Å². The van der Waals surface area contributed by atoms with Crippen LogP contribution in [0.4, 0.5) is 0 Å². The van der Waals surface area contributed by atoms with E-state index in [4.69, 9.17) is 19.4 Å². The van der Waals surface area contributed by atoms with E-state index in [0.29, 0.717) is 11.6 Å². The van der Waals surface area contributed by atoms with Crippen molar-refractivity contribution in [1.82, 2.24) is 15.0 Å². The fourth-order valence-corrected chi connectivity index (χ4v) is 9.12. The Hall–Kier alpha value is -7.95. The van der Waals surface area contributed by atoms with E-state index < -0.39 is 0 Å². The number of allylic oxidation sites excluding steroid dienone is 4. The lowest BCUT2D eigenvalue weighted by molar-refractivity contribution is 0.669. The minimum Gasteiger partial charge on any atom is -0.456 e. The fourth-order valence-electron chi connectivity index (χ4n) is 9.12. The first-order chi connectivity index (χ1) is 30.2. The summed E-state index contributed by atoms with van der Waals surface area (Å²) in [5, 5.41) is 9.89. The normalized spacial score (nSPS) is 13.9. The van der Waals surface area contributed by atoms with Gasteiger partial charge in [0.05, 0.1) is 0 Å². The van der Waals surface area contributed by atoms with Gasteiger partial charge in [-0.15, -0.1) is 0 Å². The van der Waals surface area contributed by atoms with E-state index in [-0.39, 0.29) is 5.92 Å². The van der Waals surface area contributed by atoms with Gasteiger partial charge in [-0.25, -0.2) is 15.0 Å². The molecule has 0 bridgehead atoms. The minimum atomic E-state index is 0.104. The van der Waals surface area contributed by atoms with Crippen LogP contribution in [0.2, 0.25) is 0 Å². The number of hydrogen-bond acceptors (Lipinski definition) is 4. The molecule has 4 nitrogen and oxygen atoms in total. The molecule has 4 heteroatoms. The van der Waals surface area contributed by atoms with Gasteiger partial charge in [-0.2, -0.15) is 0 Å². The van der Waals surface area contributed by atoms with Gasteiger partial charge < -0.3 is 4.42 Å². The minimum absolute atomic E-state index is 0.104. The van der Waals surface area contributed by atoms with Crippen molar-refractivity contribution < 1.29 is 4.42 Å². The van der Waals surface area contributed by atoms with E-state index in [9.17, 15) is 0 Å². The molecule has 0 saturated heterocycles. The van der Waals surface area contributed by atoms with E-state index in [1.54, 1.807) is 0 Å². The summed E-state index contributed by atoms with van der Waals surface area (Å²) >= 11 is 0. The van der Waals surface area contributed by atoms with Crippen LogP contribution in [0.25, 0.3) is 110 Å². The zero-order chi connectivity index (χ0) is 40.3. The molecule has 0 N–H and O–H groups in total. The van der Waals surface area contributed by atoms with Gasteiger partial charge >= 0.3 is 0 Å². The van der Waals surface area contributed by atoms with Crippen LogP contribution in [0.1, 0.15) is 18.2 Å². The van der Waals surface area contributed by atoms with Crippen molar-refractivity contribution >= 4 is 54.3 Å². The molecule has 0 aliphatic heterocycles. The van der Waals surface area contributed by atoms with Gasteiger partial charge in [0.15, 0.2) is 11.6 Å². The fraction of sp³-hybridized carbons (Fsp3) is 0.0351. The van der Waals surface area contributed by atoms with Crippen molar-refractivity contribution in [3.05, 3.63) is 212 Å². The number of hydrogen-bond donors (Lipinski definition) is 0. The number of fused-ring (bicyclic) bond motifs is 9. The number of benzene rings is 9. The molecule has 61 heavy (non-hydrogen) atoms. The molecule has 1 aliphatic rings. The second kappa shape index (κ2) is 14.4. The molecule has 0 saturated carbocycles. The first kappa shape index (κ1) is 35.0. The van der Waals surface area contributed by atoms with Crippen molar-refractivity contribution in [2.45, 2.75) is 12.3 Å². The number of rotatable bonds is 6. The number of nitrogens with zero attached hydrogens (tertiary/aromatic N) is 3. The van der Waals surface area contributed by atoms with Gasteiger partial charge in [-0.05, 0) is 115 Å². The number of furan rings is 1. The Morgan fingerprint density at radius 1 is 0.344 bits per heavy atom. The smallest absolute Gasteiger partial charge is 0.163 e. The average Bonchev–Trinajstić information content (AvgIpc) is 3.72. The predicted octanol–water partition coefficient (Wildman–Crippen LogP) is 15.2. The van der Waals surface area contributed by atoms with E-state index in [1.807, 2.05) is 18.2 Å². The van der Waals surface area contributed by atoms with Gasteiger partial charge in [-0.3, -0.25) is 0 Å². The second-order valence-corrected chi connectivity index (χ2v) is 15.9. The lowest BCUT2D eigenvalue weighted by Crippen LogP contribution is -2.07. The van der Waals surface area contributed by atoms with Crippen molar-refractivity contribution in [3.63, 3.8) is 0 Å². The topological polar surface area (TPSA) is 51.8 Å². The maximum Gasteiger partial charge on any atom is 0.163 e. The van der Waals surface area contributed by atoms with Crippen LogP contribution in [0.3, 0.4) is 0 Å². The molecule has 1 unspecified atom stereocenters. The van der Waals surface area contributed by atoms with Gasteiger partial charge in [0.1, 0.15) is 17.0 Å². The van der Waals surface area contributed by atoms with Crippen LogP contribution < -0.4 is 0 Å². The maximum atomic E-state index is 6.53. The summed E-state index contributed by atoms with van der Waals surface area (Å²) in [6.07, 6.45) is 9.35. The molecule has 0 radical (unpaired) electrons. The number of aromatic nitrogens is 3. The van der Waals surface area contributed by atoms with Crippen molar-refractivity contribution in [2.24, 2.45) is 0 Å². The Bertz CT molecular complexity index is 3540. The van der Waals surface area contributed by atoms with Crippen LogP contribution >= 0.6 is 0 Å². The standard InChI is InChI=1S/C57H37N3O/c1-3-13-36(14-4-1)55-58-56(37-15-5-2-6-16-37)60-57(59-55)44-20-12-19-40(32-44)38-17-11-18-39(31-38)43-26-29-50-52-34-42(27-30-53(52)61-54(50)35-43)41-25-28-49-47-23-8-7-21-45(47)46-22-9-10-24-48(46)51(49)33-41/h1-15,17-35,37H,16H2. The lowest BCUT2D eigenvalue weighted by atomic mass is 9.92. The SMILES string of the molecule is C1=CCC(c2nc(-c3ccccc3)nc(-c3cccc(-c4cccc(-c5ccc6c(c5)oc5ccc(-c7ccc8c9ccccc9c9ccccc9c8c7)cc56)c4)c3)n2)C=C1. The Morgan fingerprint density at radius 3 is 1.52 bits per heavy atom. The summed E-state index contributed by atoms with van der Waals surface area (Å²) in [4.78, 5) is 15.0. The molecule has 286 valence electrons. The third kappa shape index (κ3) is 6.20. The van der Waals surface area contributed by atoms with Gasteiger partial charge in [0.2, 0.25) is 0 Å². The summed E-state index contributed by atoms with van der Waals surface area (Å²) in [5.74, 6) is 2.24. The summed E-state index contributed by atoms with van der Waals surface area (Å²) in [7, 11) is 0. The molecule has 1 atom stereocenters. The molecule has 0 amide bonds. The molecular weight excluding hydrogens is 743 g/mol. The molecule has 11 aromatic rings.